The number of nitrogens with zero attached hydrogens (tertiary/aromatic N) is 1. The number of para-hydroxylation sites is 2. The molecular weight excluding hydrogens is 421 g/mol. The molecule has 0 saturated carbocycles. The van der Waals surface area contributed by atoms with Crippen LogP contribution in [-0.4, -0.2) is 24.6 Å². The standard InChI is InChI=1S/C26H28FN3O3/c1-26(2)14-19-24(21(31)15-26)25(16-8-10-17(27)11-9-16)30(23(33)13-12-22(32)28-3)20-7-5-4-6-18(20)29-19/h4-11,25,29H,12-15H2,1-3H3,(H,28,32)/t25-/m0/s1. The van der Waals surface area contributed by atoms with E-state index >= 15 is 0 Å². The third kappa shape index (κ3) is 4.53. The molecule has 7 heteroatoms. The van der Waals surface area contributed by atoms with E-state index in [4.69, 9.17) is 0 Å². The predicted octanol–water partition coefficient (Wildman–Crippen LogP) is 4.49. The van der Waals surface area contributed by atoms with Gasteiger partial charge in [-0.05, 0) is 41.7 Å². The van der Waals surface area contributed by atoms with Crippen LogP contribution in [0.5, 0.6) is 0 Å². The molecule has 2 N–H and O–H groups in total. The minimum Gasteiger partial charge on any atom is -0.359 e. The lowest BCUT2D eigenvalue weighted by Crippen LogP contribution is -2.40. The molecule has 0 fully saturated rings. The van der Waals surface area contributed by atoms with Gasteiger partial charge in [0.25, 0.3) is 0 Å². The fourth-order valence-corrected chi connectivity index (χ4v) is 4.69. The van der Waals surface area contributed by atoms with Crippen molar-refractivity contribution in [1.29, 1.82) is 0 Å². The lowest BCUT2D eigenvalue weighted by atomic mass is 9.73. The Kier molecular flexibility index (Phi) is 6.06. The number of halogens is 1. The summed E-state index contributed by atoms with van der Waals surface area (Å²) >= 11 is 0. The first-order valence-electron chi connectivity index (χ1n) is 11.1. The minimum atomic E-state index is -0.725. The van der Waals surface area contributed by atoms with Gasteiger partial charge in [0.05, 0.1) is 17.4 Å². The van der Waals surface area contributed by atoms with E-state index in [2.05, 4.69) is 10.6 Å². The van der Waals surface area contributed by atoms with Crippen molar-refractivity contribution in [3.05, 3.63) is 71.2 Å². The number of rotatable bonds is 4. The van der Waals surface area contributed by atoms with Gasteiger partial charge in [-0.25, -0.2) is 4.39 Å². The van der Waals surface area contributed by atoms with Gasteiger partial charge < -0.3 is 10.6 Å². The SMILES string of the molecule is CNC(=O)CCC(=O)N1c2ccccc2NC2=C(C(=O)CC(C)(C)C2)[C@@H]1c1ccc(F)cc1. The van der Waals surface area contributed by atoms with Crippen molar-refractivity contribution in [2.45, 2.75) is 45.6 Å². The van der Waals surface area contributed by atoms with Crippen molar-refractivity contribution in [1.82, 2.24) is 5.32 Å². The topological polar surface area (TPSA) is 78.5 Å². The fraction of sp³-hybridized carbons (Fsp3) is 0.346. The van der Waals surface area contributed by atoms with E-state index in [1.54, 1.807) is 17.0 Å². The Morgan fingerprint density at radius 2 is 1.79 bits per heavy atom. The zero-order valence-electron chi connectivity index (χ0n) is 19.1. The van der Waals surface area contributed by atoms with Gasteiger partial charge in [-0.2, -0.15) is 0 Å². The van der Waals surface area contributed by atoms with Gasteiger partial charge in [0.2, 0.25) is 11.8 Å². The minimum absolute atomic E-state index is 0.0198. The Bertz CT molecular complexity index is 1140. The van der Waals surface area contributed by atoms with E-state index in [1.807, 2.05) is 38.1 Å². The number of allylic oxidation sites excluding steroid dienone is 1. The molecule has 1 aliphatic heterocycles. The molecule has 2 aromatic carbocycles. The summed E-state index contributed by atoms with van der Waals surface area (Å²) in [7, 11) is 1.53. The van der Waals surface area contributed by atoms with Crippen LogP contribution in [-0.2, 0) is 14.4 Å². The molecule has 0 radical (unpaired) electrons. The highest BCUT2D eigenvalue weighted by Gasteiger charge is 2.43. The summed E-state index contributed by atoms with van der Waals surface area (Å²) < 4.78 is 13.8. The number of fused-ring (bicyclic) bond motifs is 1. The third-order valence-corrected chi connectivity index (χ3v) is 6.20. The van der Waals surface area contributed by atoms with Crippen LogP contribution in [0.4, 0.5) is 15.8 Å². The highest BCUT2D eigenvalue weighted by Crippen LogP contribution is 2.48. The number of anilines is 2. The van der Waals surface area contributed by atoms with Gasteiger partial charge in [-0.15, -0.1) is 0 Å². The summed E-state index contributed by atoms with van der Waals surface area (Å²) in [6.07, 6.45) is 1.00. The summed E-state index contributed by atoms with van der Waals surface area (Å²) in [5.41, 5.74) is 3.04. The van der Waals surface area contributed by atoms with Gasteiger partial charge in [0.15, 0.2) is 5.78 Å². The molecule has 0 saturated heterocycles. The number of hydrogen-bond acceptors (Lipinski definition) is 4. The van der Waals surface area contributed by atoms with Gasteiger partial charge >= 0.3 is 0 Å². The predicted molar refractivity (Wildman–Crippen MR) is 125 cm³/mol. The Hall–Kier alpha value is -3.48. The molecule has 1 aliphatic carbocycles. The first-order chi connectivity index (χ1) is 15.7. The maximum Gasteiger partial charge on any atom is 0.228 e. The molecule has 6 nitrogen and oxygen atoms in total. The number of carbonyl (C=O) groups is 3. The van der Waals surface area contributed by atoms with Crippen molar-refractivity contribution in [3.63, 3.8) is 0 Å². The number of Topliss-reactive ketones (excluding diaryl/α,β-unsaturated/α-hetero) is 1. The van der Waals surface area contributed by atoms with Crippen molar-refractivity contribution < 1.29 is 18.8 Å². The summed E-state index contributed by atoms with van der Waals surface area (Å²) in [5.74, 6) is -0.958. The summed E-state index contributed by atoms with van der Waals surface area (Å²) in [6, 6.07) is 12.6. The zero-order chi connectivity index (χ0) is 23.8. The number of benzene rings is 2. The van der Waals surface area contributed by atoms with Crippen LogP contribution in [0.3, 0.4) is 0 Å². The van der Waals surface area contributed by atoms with Crippen molar-refractivity contribution in [3.8, 4) is 0 Å². The molecule has 0 unspecified atom stereocenters. The zero-order valence-corrected chi connectivity index (χ0v) is 19.1. The lowest BCUT2D eigenvalue weighted by Gasteiger charge is -2.37. The van der Waals surface area contributed by atoms with Gasteiger partial charge in [0, 0.05) is 37.6 Å². The molecule has 2 aromatic rings. The van der Waals surface area contributed by atoms with Gasteiger partial charge in [0.1, 0.15) is 5.82 Å². The quantitative estimate of drug-likeness (QED) is 0.721. The summed E-state index contributed by atoms with van der Waals surface area (Å²) in [6.45, 7) is 4.10. The molecule has 0 spiro atoms. The van der Waals surface area contributed by atoms with E-state index in [-0.39, 0.29) is 35.9 Å². The summed E-state index contributed by atoms with van der Waals surface area (Å²) in [5, 5.41) is 5.97. The van der Waals surface area contributed by atoms with E-state index < -0.39 is 11.9 Å². The maximum absolute atomic E-state index is 13.8. The Balaban J connectivity index is 1.92. The van der Waals surface area contributed by atoms with E-state index in [0.29, 0.717) is 35.4 Å². The Morgan fingerprint density at radius 3 is 2.48 bits per heavy atom. The third-order valence-electron chi connectivity index (χ3n) is 6.20. The molecule has 0 bridgehead atoms. The van der Waals surface area contributed by atoms with Crippen LogP contribution in [0.1, 0.15) is 51.1 Å². The van der Waals surface area contributed by atoms with Crippen LogP contribution in [0.25, 0.3) is 0 Å². The molecule has 33 heavy (non-hydrogen) atoms. The average molecular weight is 450 g/mol. The van der Waals surface area contributed by atoms with Crippen LogP contribution >= 0.6 is 0 Å². The molecule has 4 rings (SSSR count). The number of nitrogens with one attached hydrogen (secondary N) is 2. The second kappa shape index (κ2) is 8.81. The van der Waals surface area contributed by atoms with Crippen LogP contribution < -0.4 is 15.5 Å². The maximum atomic E-state index is 13.8. The summed E-state index contributed by atoms with van der Waals surface area (Å²) in [4.78, 5) is 40.6. The van der Waals surface area contributed by atoms with Crippen molar-refractivity contribution in [2.24, 2.45) is 5.41 Å². The largest absolute Gasteiger partial charge is 0.359 e. The average Bonchev–Trinajstić information content (AvgIpc) is 2.91. The van der Waals surface area contributed by atoms with E-state index in [9.17, 15) is 18.8 Å². The molecule has 2 aliphatic rings. The van der Waals surface area contributed by atoms with Crippen molar-refractivity contribution in [2.75, 3.05) is 17.3 Å². The van der Waals surface area contributed by atoms with Crippen LogP contribution in [0, 0.1) is 11.2 Å². The molecular formula is C26H28FN3O3. The normalized spacial score (nSPS) is 19.2. The van der Waals surface area contributed by atoms with E-state index in [0.717, 1.165) is 5.70 Å². The van der Waals surface area contributed by atoms with Gasteiger partial charge in [-0.3, -0.25) is 19.3 Å². The molecule has 1 heterocycles. The van der Waals surface area contributed by atoms with E-state index in [1.165, 1.54) is 19.2 Å². The highest BCUT2D eigenvalue weighted by molar-refractivity contribution is 6.06. The molecule has 1 atom stereocenters. The molecule has 2 amide bonds. The van der Waals surface area contributed by atoms with Gasteiger partial charge in [-0.1, -0.05) is 38.1 Å². The highest BCUT2D eigenvalue weighted by atomic mass is 19.1. The smallest absolute Gasteiger partial charge is 0.228 e. The lowest BCUT2D eigenvalue weighted by molar-refractivity contribution is -0.125. The molecule has 172 valence electrons. The van der Waals surface area contributed by atoms with Crippen molar-refractivity contribution >= 4 is 29.0 Å². The fourth-order valence-electron chi connectivity index (χ4n) is 4.69. The number of carbonyl (C=O) groups excluding carboxylic acids is 3. The number of hydrogen-bond donors (Lipinski definition) is 2. The first-order valence-corrected chi connectivity index (χ1v) is 11.1. The number of ketones is 1. The Labute approximate surface area is 192 Å². The number of amides is 2. The van der Waals surface area contributed by atoms with Crippen LogP contribution in [0.2, 0.25) is 0 Å². The second-order valence-corrected chi connectivity index (χ2v) is 9.37. The second-order valence-electron chi connectivity index (χ2n) is 9.37. The monoisotopic (exact) mass is 449 g/mol. The Morgan fingerprint density at radius 1 is 1.09 bits per heavy atom. The van der Waals surface area contributed by atoms with Crippen LogP contribution in [0.15, 0.2) is 59.8 Å². The molecule has 0 aromatic heterocycles. The first kappa shape index (κ1) is 22.7.